The number of aromatic amines is 1. The summed E-state index contributed by atoms with van der Waals surface area (Å²) in [5, 5.41) is 5.48. The first-order valence-electron chi connectivity index (χ1n) is 6.33. The second-order valence-electron chi connectivity index (χ2n) is 4.59. The lowest BCUT2D eigenvalue weighted by molar-refractivity contribution is 0.694. The zero-order valence-corrected chi connectivity index (χ0v) is 12.5. The van der Waals surface area contributed by atoms with Gasteiger partial charge in [-0.15, -0.1) is 12.4 Å². The predicted octanol–water partition coefficient (Wildman–Crippen LogP) is 4.53. The SMILES string of the molecule is Cl.Clc1ccccc1CNCc1ccc2[nH]ccc2c1. The molecule has 0 aliphatic rings. The zero-order valence-electron chi connectivity index (χ0n) is 10.9. The summed E-state index contributed by atoms with van der Waals surface area (Å²) in [5.41, 5.74) is 3.58. The Morgan fingerprint density at radius 1 is 1.00 bits per heavy atom. The van der Waals surface area contributed by atoms with Crippen LogP contribution in [0.1, 0.15) is 11.1 Å². The topological polar surface area (TPSA) is 27.8 Å². The van der Waals surface area contributed by atoms with E-state index >= 15 is 0 Å². The van der Waals surface area contributed by atoms with Crippen LogP contribution in [-0.4, -0.2) is 4.98 Å². The summed E-state index contributed by atoms with van der Waals surface area (Å²) in [5.74, 6) is 0. The van der Waals surface area contributed by atoms with Crippen molar-refractivity contribution in [3.8, 4) is 0 Å². The van der Waals surface area contributed by atoms with E-state index in [-0.39, 0.29) is 12.4 Å². The van der Waals surface area contributed by atoms with Crippen molar-refractivity contribution in [2.45, 2.75) is 13.1 Å². The Bertz CT molecular complexity index is 692. The monoisotopic (exact) mass is 306 g/mol. The van der Waals surface area contributed by atoms with Gasteiger partial charge in [0, 0.05) is 29.8 Å². The van der Waals surface area contributed by atoms with Crippen molar-refractivity contribution in [3.05, 3.63) is 70.9 Å². The van der Waals surface area contributed by atoms with Crippen LogP contribution in [-0.2, 0) is 13.1 Å². The minimum Gasteiger partial charge on any atom is -0.361 e. The molecule has 1 aromatic heterocycles. The molecule has 0 aliphatic carbocycles. The maximum atomic E-state index is 6.13. The highest BCUT2D eigenvalue weighted by atomic mass is 35.5. The number of aromatic nitrogens is 1. The van der Waals surface area contributed by atoms with Crippen LogP contribution >= 0.6 is 24.0 Å². The first-order valence-corrected chi connectivity index (χ1v) is 6.71. The number of hydrogen-bond donors (Lipinski definition) is 2. The number of halogens is 2. The van der Waals surface area contributed by atoms with Gasteiger partial charge >= 0.3 is 0 Å². The molecule has 0 radical (unpaired) electrons. The van der Waals surface area contributed by atoms with Gasteiger partial charge in [-0.05, 0) is 40.8 Å². The molecule has 0 unspecified atom stereocenters. The third-order valence-corrected chi connectivity index (χ3v) is 3.59. The minimum atomic E-state index is 0. The molecule has 2 N–H and O–H groups in total. The van der Waals surface area contributed by atoms with Crippen LogP contribution in [0.5, 0.6) is 0 Å². The summed E-state index contributed by atoms with van der Waals surface area (Å²) in [6.07, 6.45) is 1.96. The quantitative estimate of drug-likeness (QED) is 0.728. The average molecular weight is 307 g/mol. The van der Waals surface area contributed by atoms with Gasteiger partial charge in [-0.3, -0.25) is 0 Å². The van der Waals surface area contributed by atoms with Crippen LogP contribution < -0.4 is 5.32 Å². The lowest BCUT2D eigenvalue weighted by Crippen LogP contribution is -2.12. The standard InChI is InChI=1S/C16H15ClN2.ClH/c17-15-4-2-1-3-14(15)11-18-10-12-5-6-16-13(9-12)7-8-19-16;/h1-9,18-19H,10-11H2;1H. The molecule has 20 heavy (non-hydrogen) atoms. The van der Waals surface area contributed by atoms with E-state index in [2.05, 4.69) is 34.6 Å². The van der Waals surface area contributed by atoms with Gasteiger partial charge in [-0.1, -0.05) is 35.9 Å². The molecule has 3 rings (SSSR count). The van der Waals surface area contributed by atoms with Crippen molar-refractivity contribution in [2.24, 2.45) is 0 Å². The molecule has 0 atom stereocenters. The van der Waals surface area contributed by atoms with Gasteiger partial charge < -0.3 is 10.3 Å². The van der Waals surface area contributed by atoms with Crippen molar-refractivity contribution in [1.29, 1.82) is 0 Å². The Morgan fingerprint density at radius 2 is 1.85 bits per heavy atom. The Morgan fingerprint density at radius 3 is 2.70 bits per heavy atom. The Labute approximate surface area is 129 Å². The number of rotatable bonds is 4. The van der Waals surface area contributed by atoms with Gasteiger partial charge in [-0.25, -0.2) is 0 Å². The number of benzene rings is 2. The van der Waals surface area contributed by atoms with Gasteiger partial charge in [0.2, 0.25) is 0 Å². The van der Waals surface area contributed by atoms with Crippen LogP contribution in [0.3, 0.4) is 0 Å². The molecule has 0 bridgehead atoms. The van der Waals surface area contributed by atoms with E-state index in [0.717, 1.165) is 23.7 Å². The Balaban J connectivity index is 0.00000147. The van der Waals surface area contributed by atoms with E-state index in [9.17, 15) is 0 Å². The van der Waals surface area contributed by atoms with Gasteiger partial charge in [-0.2, -0.15) is 0 Å². The summed E-state index contributed by atoms with van der Waals surface area (Å²) in [7, 11) is 0. The van der Waals surface area contributed by atoms with E-state index in [1.807, 2.05) is 30.5 Å². The third kappa shape index (κ3) is 3.34. The number of hydrogen-bond acceptors (Lipinski definition) is 1. The lowest BCUT2D eigenvalue weighted by Gasteiger charge is -2.07. The molecule has 0 spiro atoms. The second kappa shape index (κ2) is 6.80. The minimum absolute atomic E-state index is 0. The highest BCUT2D eigenvalue weighted by molar-refractivity contribution is 6.31. The van der Waals surface area contributed by atoms with Crippen LogP contribution in [0, 0.1) is 0 Å². The van der Waals surface area contributed by atoms with E-state index in [4.69, 9.17) is 11.6 Å². The van der Waals surface area contributed by atoms with Crippen molar-refractivity contribution < 1.29 is 0 Å². The molecular weight excluding hydrogens is 291 g/mol. The summed E-state index contributed by atoms with van der Waals surface area (Å²) in [6, 6.07) is 16.5. The van der Waals surface area contributed by atoms with E-state index in [1.54, 1.807) is 0 Å². The van der Waals surface area contributed by atoms with Crippen molar-refractivity contribution >= 4 is 34.9 Å². The van der Waals surface area contributed by atoms with Gasteiger partial charge in [0.1, 0.15) is 0 Å². The molecule has 0 amide bonds. The molecule has 104 valence electrons. The first-order chi connectivity index (χ1) is 9.33. The van der Waals surface area contributed by atoms with E-state index in [1.165, 1.54) is 16.5 Å². The third-order valence-electron chi connectivity index (χ3n) is 3.22. The molecule has 4 heteroatoms. The largest absolute Gasteiger partial charge is 0.361 e. The summed E-state index contributed by atoms with van der Waals surface area (Å²) in [4.78, 5) is 3.20. The van der Waals surface area contributed by atoms with Crippen LogP contribution in [0.25, 0.3) is 10.9 Å². The fourth-order valence-corrected chi connectivity index (χ4v) is 2.40. The van der Waals surface area contributed by atoms with Crippen LogP contribution in [0.2, 0.25) is 5.02 Å². The summed E-state index contributed by atoms with van der Waals surface area (Å²) < 4.78 is 0. The number of H-pyrrole nitrogens is 1. The molecule has 2 aromatic carbocycles. The molecule has 3 aromatic rings. The Hall–Kier alpha value is -1.48. The molecule has 1 heterocycles. The van der Waals surface area contributed by atoms with E-state index in [0.29, 0.717) is 0 Å². The second-order valence-corrected chi connectivity index (χ2v) is 5.00. The first kappa shape index (κ1) is 14.9. The average Bonchev–Trinajstić information content (AvgIpc) is 2.88. The van der Waals surface area contributed by atoms with Crippen LogP contribution in [0.4, 0.5) is 0 Å². The van der Waals surface area contributed by atoms with Gasteiger partial charge in [0.15, 0.2) is 0 Å². The van der Waals surface area contributed by atoms with Crippen LogP contribution in [0.15, 0.2) is 54.7 Å². The van der Waals surface area contributed by atoms with Gasteiger partial charge in [0.05, 0.1) is 0 Å². The van der Waals surface area contributed by atoms with E-state index < -0.39 is 0 Å². The highest BCUT2D eigenvalue weighted by Crippen LogP contribution is 2.16. The highest BCUT2D eigenvalue weighted by Gasteiger charge is 2.00. The van der Waals surface area contributed by atoms with Gasteiger partial charge in [0.25, 0.3) is 0 Å². The fraction of sp³-hybridized carbons (Fsp3) is 0.125. The molecule has 0 aliphatic heterocycles. The molecule has 0 fully saturated rings. The molecule has 0 saturated carbocycles. The smallest absolute Gasteiger partial charge is 0.0454 e. The maximum absolute atomic E-state index is 6.13. The fourth-order valence-electron chi connectivity index (χ4n) is 2.20. The van der Waals surface area contributed by atoms with Crippen molar-refractivity contribution in [2.75, 3.05) is 0 Å². The number of nitrogens with one attached hydrogen (secondary N) is 2. The molecule has 2 nitrogen and oxygen atoms in total. The summed E-state index contributed by atoms with van der Waals surface area (Å²) in [6.45, 7) is 1.62. The predicted molar refractivity (Wildman–Crippen MR) is 87.5 cm³/mol. The van der Waals surface area contributed by atoms with Crippen molar-refractivity contribution in [1.82, 2.24) is 10.3 Å². The molecule has 0 saturated heterocycles. The Kier molecular flexibility index (Phi) is 5.07. The molecular formula is C16H16Cl2N2. The maximum Gasteiger partial charge on any atom is 0.0454 e. The zero-order chi connectivity index (χ0) is 13.1. The summed E-state index contributed by atoms with van der Waals surface area (Å²) >= 11 is 6.13. The lowest BCUT2D eigenvalue weighted by atomic mass is 10.1. The number of fused-ring (bicyclic) bond motifs is 1. The van der Waals surface area contributed by atoms with Crippen molar-refractivity contribution in [3.63, 3.8) is 0 Å². The normalized spacial score (nSPS) is 10.4.